The summed E-state index contributed by atoms with van der Waals surface area (Å²) < 4.78 is 2.32. The average Bonchev–Trinajstić information content (AvgIpc) is 3.02. The number of nitrogens with two attached hydrogens (primary N) is 1. The fourth-order valence-electron chi connectivity index (χ4n) is 4.07. The Morgan fingerprint density at radius 3 is 2.29 bits per heavy atom. The van der Waals surface area contributed by atoms with Crippen LogP contribution in [0.3, 0.4) is 0 Å². The van der Waals surface area contributed by atoms with Crippen molar-refractivity contribution in [1.29, 1.82) is 0 Å². The van der Waals surface area contributed by atoms with Crippen molar-refractivity contribution in [1.82, 2.24) is 4.57 Å². The minimum Gasteiger partial charge on any atom is -0.366 e. The molecule has 0 radical (unpaired) electrons. The molecule has 0 aliphatic heterocycles. The number of aryl methyl sites for hydroxylation is 2. The van der Waals surface area contributed by atoms with Crippen molar-refractivity contribution >= 4 is 27.7 Å². The lowest BCUT2D eigenvalue weighted by Crippen LogP contribution is -2.11. The second kappa shape index (κ2) is 7.51. The molecule has 4 rings (SSSR count). The van der Waals surface area contributed by atoms with Gasteiger partial charge < -0.3 is 10.3 Å². The van der Waals surface area contributed by atoms with Crippen LogP contribution in [0.25, 0.3) is 21.8 Å². The van der Waals surface area contributed by atoms with Crippen LogP contribution in [0.5, 0.6) is 0 Å². The van der Waals surface area contributed by atoms with Gasteiger partial charge in [-0.2, -0.15) is 0 Å². The number of benzene rings is 3. The molecule has 1 amide bonds. The minimum absolute atomic E-state index is 0.380. The van der Waals surface area contributed by atoms with Crippen LogP contribution in [0.4, 0.5) is 0 Å². The van der Waals surface area contributed by atoms with E-state index < -0.39 is 0 Å². The van der Waals surface area contributed by atoms with Gasteiger partial charge in [-0.3, -0.25) is 4.79 Å². The molecule has 142 valence electrons. The van der Waals surface area contributed by atoms with E-state index in [1.165, 1.54) is 16.7 Å². The number of carbonyl (C=O) groups excluding carboxylic acids is 1. The summed E-state index contributed by atoms with van der Waals surface area (Å²) >= 11 is 0. The Morgan fingerprint density at radius 1 is 0.893 bits per heavy atom. The molecule has 1 heterocycles. The molecule has 0 spiro atoms. The van der Waals surface area contributed by atoms with Gasteiger partial charge in [-0.1, -0.05) is 62.7 Å². The first-order valence-corrected chi connectivity index (χ1v) is 10.0. The molecule has 0 bridgehead atoms. The number of aromatic nitrogens is 1. The zero-order chi connectivity index (χ0) is 19.7. The second-order valence-electron chi connectivity index (χ2n) is 7.42. The predicted molar refractivity (Wildman–Crippen MR) is 117 cm³/mol. The number of nitrogens with zero attached hydrogens (tertiary/aromatic N) is 1. The van der Waals surface area contributed by atoms with Crippen molar-refractivity contribution in [2.24, 2.45) is 5.73 Å². The van der Waals surface area contributed by atoms with Crippen LogP contribution in [0.2, 0.25) is 0 Å². The van der Waals surface area contributed by atoms with Crippen LogP contribution in [0, 0.1) is 0 Å². The van der Waals surface area contributed by atoms with E-state index in [9.17, 15) is 4.79 Å². The molecule has 3 aromatic carbocycles. The summed E-state index contributed by atoms with van der Waals surface area (Å²) in [5.74, 6) is -0.380. The fraction of sp³-hybridized carbons (Fsp3) is 0.240. The Balaban J connectivity index is 1.96. The molecule has 0 aliphatic carbocycles. The molecular weight excluding hydrogens is 344 g/mol. The molecule has 3 heteroatoms. The first kappa shape index (κ1) is 18.3. The van der Waals surface area contributed by atoms with Crippen LogP contribution in [0.1, 0.15) is 47.3 Å². The van der Waals surface area contributed by atoms with E-state index in [0.29, 0.717) is 5.56 Å². The Labute approximate surface area is 165 Å². The lowest BCUT2D eigenvalue weighted by Gasteiger charge is -2.10. The maximum atomic E-state index is 12.1. The van der Waals surface area contributed by atoms with E-state index in [-0.39, 0.29) is 5.91 Å². The number of hydrogen-bond donors (Lipinski definition) is 1. The molecule has 0 unspecified atom stereocenters. The Kier molecular flexibility index (Phi) is 4.91. The predicted octanol–water partition coefficient (Wildman–Crippen LogP) is 5.46. The van der Waals surface area contributed by atoms with Gasteiger partial charge >= 0.3 is 0 Å². The highest BCUT2D eigenvalue weighted by molar-refractivity contribution is 6.17. The normalized spacial score (nSPS) is 11.4. The van der Waals surface area contributed by atoms with Crippen molar-refractivity contribution in [3.8, 4) is 0 Å². The van der Waals surface area contributed by atoms with E-state index >= 15 is 0 Å². The van der Waals surface area contributed by atoms with Crippen molar-refractivity contribution in [2.45, 2.75) is 39.7 Å². The lowest BCUT2D eigenvalue weighted by atomic mass is 10.0. The molecule has 28 heavy (non-hydrogen) atoms. The van der Waals surface area contributed by atoms with E-state index in [0.717, 1.165) is 47.6 Å². The van der Waals surface area contributed by atoms with Crippen LogP contribution < -0.4 is 5.73 Å². The van der Waals surface area contributed by atoms with E-state index in [4.69, 9.17) is 5.73 Å². The van der Waals surface area contributed by atoms with Gasteiger partial charge in [-0.25, -0.2) is 0 Å². The summed E-state index contributed by atoms with van der Waals surface area (Å²) in [6.45, 7) is 5.13. The lowest BCUT2D eigenvalue weighted by molar-refractivity contribution is 0.100. The van der Waals surface area contributed by atoms with Gasteiger partial charge in [0.05, 0.1) is 5.52 Å². The van der Waals surface area contributed by atoms with Crippen LogP contribution >= 0.6 is 0 Å². The highest BCUT2D eigenvalue weighted by Gasteiger charge is 2.16. The molecule has 0 saturated heterocycles. The first-order chi connectivity index (χ1) is 13.6. The first-order valence-electron chi connectivity index (χ1n) is 10.0. The molecular formula is C25H26N2O. The summed E-state index contributed by atoms with van der Waals surface area (Å²) in [5.41, 5.74) is 12.4. The van der Waals surface area contributed by atoms with Gasteiger partial charge in [0.1, 0.15) is 0 Å². The third kappa shape index (κ3) is 3.18. The summed E-state index contributed by atoms with van der Waals surface area (Å²) in [6, 6.07) is 21.2. The van der Waals surface area contributed by atoms with E-state index in [1.54, 1.807) is 0 Å². The maximum absolute atomic E-state index is 12.1. The van der Waals surface area contributed by atoms with Crippen molar-refractivity contribution < 1.29 is 4.79 Å². The second-order valence-corrected chi connectivity index (χ2v) is 7.42. The van der Waals surface area contributed by atoms with E-state index in [2.05, 4.69) is 66.9 Å². The Hall–Kier alpha value is -3.07. The van der Waals surface area contributed by atoms with Gasteiger partial charge in [0.25, 0.3) is 0 Å². The molecule has 0 saturated carbocycles. The average molecular weight is 370 g/mol. The largest absolute Gasteiger partial charge is 0.366 e. The van der Waals surface area contributed by atoms with Crippen LogP contribution in [-0.4, -0.2) is 10.5 Å². The maximum Gasteiger partial charge on any atom is 0.249 e. The van der Waals surface area contributed by atoms with Gasteiger partial charge in [0.2, 0.25) is 5.91 Å². The third-order valence-electron chi connectivity index (χ3n) is 5.53. The van der Waals surface area contributed by atoms with Crippen molar-refractivity contribution in [2.75, 3.05) is 0 Å². The number of primary amides is 1. The highest BCUT2D eigenvalue weighted by atomic mass is 16.1. The number of fused-ring (bicyclic) bond motifs is 3. The molecule has 2 N–H and O–H groups in total. The SMILES string of the molecule is CCCc1ccc2c3c(C(N)=O)cccc3n(Cc3ccc(CC)cc3)c2c1. The number of hydrogen-bond acceptors (Lipinski definition) is 1. The molecule has 0 aliphatic rings. The number of rotatable bonds is 6. The zero-order valence-corrected chi connectivity index (χ0v) is 16.5. The molecule has 3 nitrogen and oxygen atoms in total. The van der Waals surface area contributed by atoms with Gasteiger partial charge in [-0.15, -0.1) is 0 Å². The summed E-state index contributed by atoms with van der Waals surface area (Å²) in [7, 11) is 0. The summed E-state index contributed by atoms with van der Waals surface area (Å²) in [4.78, 5) is 12.1. The Morgan fingerprint density at radius 2 is 1.61 bits per heavy atom. The quantitative estimate of drug-likeness (QED) is 0.481. The summed E-state index contributed by atoms with van der Waals surface area (Å²) in [6.07, 6.45) is 3.19. The van der Waals surface area contributed by atoms with Crippen LogP contribution in [0.15, 0.2) is 60.7 Å². The topological polar surface area (TPSA) is 48.0 Å². The molecule has 0 atom stereocenters. The van der Waals surface area contributed by atoms with E-state index in [1.807, 2.05) is 12.1 Å². The molecule has 4 aromatic rings. The van der Waals surface area contributed by atoms with Gasteiger partial charge in [0, 0.05) is 28.4 Å². The number of carbonyl (C=O) groups is 1. The zero-order valence-electron chi connectivity index (χ0n) is 16.5. The Bertz CT molecular complexity index is 1150. The fourth-order valence-corrected chi connectivity index (χ4v) is 4.07. The number of amides is 1. The monoisotopic (exact) mass is 370 g/mol. The van der Waals surface area contributed by atoms with Crippen molar-refractivity contribution in [3.05, 3.63) is 82.9 Å². The molecule has 0 fully saturated rings. The van der Waals surface area contributed by atoms with Crippen molar-refractivity contribution in [3.63, 3.8) is 0 Å². The third-order valence-corrected chi connectivity index (χ3v) is 5.53. The molecule has 1 aromatic heterocycles. The smallest absolute Gasteiger partial charge is 0.249 e. The standard InChI is InChI=1S/C25H26N2O/c1-3-6-18-13-14-20-23(15-18)27(16-19-11-9-17(4-2)10-12-19)22-8-5-7-21(24(20)22)25(26)28/h5,7-15H,3-4,6,16H2,1-2H3,(H2,26,28). The van der Waals surface area contributed by atoms with Gasteiger partial charge in [-0.05, 0) is 47.7 Å². The van der Waals surface area contributed by atoms with Crippen LogP contribution in [-0.2, 0) is 19.4 Å². The minimum atomic E-state index is -0.380. The van der Waals surface area contributed by atoms with Gasteiger partial charge in [0.15, 0.2) is 0 Å². The summed E-state index contributed by atoms with van der Waals surface area (Å²) in [5, 5.41) is 2.05. The highest BCUT2D eigenvalue weighted by Crippen LogP contribution is 2.33.